The molecular formula is C11H12N6OS. The number of ether oxygens (including phenoxy) is 1. The molecule has 7 nitrogen and oxygen atoms in total. The van der Waals surface area contributed by atoms with Gasteiger partial charge in [0.15, 0.2) is 5.82 Å². The maximum atomic E-state index is 5.65. The Bertz CT molecular complexity index is 689. The molecule has 2 aromatic heterocycles. The maximum Gasteiger partial charge on any atom is 0.236 e. The van der Waals surface area contributed by atoms with Gasteiger partial charge in [-0.25, -0.2) is 5.84 Å². The molecule has 0 fully saturated rings. The van der Waals surface area contributed by atoms with Crippen molar-refractivity contribution in [1.82, 2.24) is 19.8 Å². The minimum atomic E-state index is 0.304. The lowest BCUT2D eigenvalue weighted by molar-refractivity contribution is 0.293. The number of anilines is 1. The molecular weight excluding hydrogens is 264 g/mol. The number of nitrogens with one attached hydrogen (secondary N) is 1. The number of hydrazine groups is 1. The van der Waals surface area contributed by atoms with Gasteiger partial charge in [-0.15, -0.1) is 15.3 Å². The van der Waals surface area contributed by atoms with E-state index in [9.17, 15) is 0 Å². The van der Waals surface area contributed by atoms with E-state index < -0.39 is 0 Å². The van der Waals surface area contributed by atoms with E-state index in [1.807, 2.05) is 31.2 Å². The number of nitrogen functional groups attached to an aromatic ring is 1. The first kappa shape index (κ1) is 11.9. The average molecular weight is 276 g/mol. The summed E-state index contributed by atoms with van der Waals surface area (Å²) in [6, 6.07) is 7.82. The zero-order valence-corrected chi connectivity index (χ0v) is 11.0. The van der Waals surface area contributed by atoms with Crippen molar-refractivity contribution >= 4 is 21.4 Å². The first-order chi connectivity index (χ1) is 9.26. The Hall–Kier alpha value is -2.19. The SMILES string of the molecule is Cc1ccc(OCc2nnc3sc(NN)nn23)cc1. The first-order valence-corrected chi connectivity index (χ1v) is 6.45. The molecule has 0 aliphatic heterocycles. The van der Waals surface area contributed by atoms with Crippen LogP contribution < -0.4 is 16.0 Å². The molecule has 0 spiro atoms. The van der Waals surface area contributed by atoms with E-state index in [1.54, 1.807) is 4.52 Å². The molecule has 3 aromatic rings. The van der Waals surface area contributed by atoms with E-state index in [0.29, 0.717) is 22.5 Å². The van der Waals surface area contributed by atoms with Gasteiger partial charge in [0.25, 0.3) is 0 Å². The molecule has 3 rings (SSSR count). The standard InChI is InChI=1S/C11H12N6OS/c1-7-2-4-8(5-3-7)18-6-9-14-15-11-17(9)16-10(13-12)19-11/h2-5H,6,12H2,1H3,(H,13,16). The first-order valence-electron chi connectivity index (χ1n) is 5.63. The molecule has 0 aliphatic carbocycles. The lowest BCUT2D eigenvalue weighted by Crippen LogP contribution is -2.07. The van der Waals surface area contributed by atoms with Gasteiger partial charge in [0.1, 0.15) is 12.4 Å². The van der Waals surface area contributed by atoms with Crippen molar-refractivity contribution in [3.8, 4) is 5.75 Å². The minimum absolute atomic E-state index is 0.304. The molecule has 0 atom stereocenters. The van der Waals surface area contributed by atoms with Crippen molar-refractivity contribution in [1.29, 1.82) is 0 Å². The Morgan fingerprint density at radius 2 is 2.11 bits per heavy atom. The van der Waals surface area contributed by atoms with Gasteiger partial charge in [-0.3, -0.25) is 5.43 Å². The van der Waals surface area contributed by atoms with Crippen LogP contribution in [0.5, 0.6) is 5.75 Å². The molecule has 3 N–H and O–H groups in total. The zero-order valence-electron chi connectivity index (χ0n) is 10.2. The van der Waals surface area contributed by atoms with Gasteiger partial charge in [0, 0.05) is 0 Å². The van der Waals surface area contributed by atoms with Crippen LogP contribution in [0.1, 0.15) is 11.4 Å². The Labute approximate surface area is 113 Å². The van der Waals surface area contributed by atoms with Gasteiger partial charge in [-0.1, -0.05) is 29.0 Å². The third kappa shape index (κ3) is 2.35. The number of benzene rings is 1. The average Bonchev–Trinajstić information content (AvgIpc) is 2.98. The second-order valence-electron chi connectivity index (χ2n) is 3.96. The van der Waals surface area contributed by atoms with Crippen LogP contribution in [0.3, 0.4) is 0 Å². The second-order valence-corrected chi connectivity index (χ2v) is 4.92. The lowest BCUT2D eigenvalue weighted by Gasteiger charge is -2.03. The highest BCUT2D eigenvalue weighted by Crippen LogP contribution is 2.18. The van der Waals surface area contributed by atoms with Crippen molar-refractivity contribution in [2.45, 2.75) is 13.5 Å². The molecule has 98 valence electrons. The third-order valence-corrected chi connectivity index (χ3v) is 3.40. The number of rotatable bonds is 4. The molecule has 0 radical (unpaired) electrons. The van der Waals surface area contributed by atoms with Crippen molar-refractivity contribution in [3.63, 3.8) is 0 Å². The highest BCUT2D eigenvalue weighted by molar-refractivity contribution is 7.20. The highest BCUT2D eigenvalue weighted by Gasteiger charge is 2.11. The van der Waals surface area contributed by atoms with Crippen molar-refractivity contribution < 1.29 is 4.74 Å². The van der Waals surface area contributed by atoms with Gasteiger partial charge in [0.2, 0.25) is 10.1 Å². The molecule has 0 amide bonds. The Kier molecular flexibility index (Phi) is 3.02. The number of hydrogen-bond donors (Lipinski definition) is 2. The van der Waals surface area contributed by atoms with Crippen molar-refractivity contribution in [2.75, 3.05) is 5.43 Å². The highest BCUT2D eigenvalue weighted by atomic mass is 32.1. The molecule has 8 heteroatoms. The monoisotopic (exact) mass is 276 g/mol. The smallest absolute Gasteiger partial charge is 0.236 e. The Morgan fingerprint density at radius 3 is 2.84 bits per heavy atom. The number of nitrogens with two attached hydrogens (primary N) is 1. The van der Waals surface area contributed by atoms with Crippen LogP contribution >= 0.6 is 11.3 Å². The fourth-order valence-electron chi connectivity index (χ4n) is 1.59. The second kappa shape index (κ2) is 4.82. The maximum absolute atomic E-state index is 5.65. The molecule has 0 saturated heterocycles. The van der Waals surface area contributed by atoms with Crippen LogP contribution in [0.25, 0.3) is 4.96 Å². The van der Waals surface area contributed by atoms with E-state index >= 15 is 0 Å². The number of aryl methyl sites for hydroxylation is 1. The van der Waals surface area contributed by atoms with Gasteiger partial charge >= 0.3 is 0 Å². The van der Waals surface area contributed by atoms with Gasteiger partial charge < -0.3 is 4.74 Å². The van der Waals surface area contributed by atoms with Gasteiger partial charge in [0.05, 0.1) is 0 Å². The van der Waals surface area contributed by atoms with Crippen LogP contribution in [0.2, 0.25) is 0 Å². The van der Waals surface area contributed by atoms with E-state index in [2.05, 4.69) is 20.7 Å². The summed E-state index contributed by atoms with van der Waals surface area (Å²) < 4.78 is 7.27. The number of hydrogen-bond acceptors (Lipinski definition) is 7. The molecule has 1 aromatic carbocycles. The summed E-state index contributed by atoms with van der Waals surface area (Å²) in [5.41, 5.74) is 3.68. The van der Waals surface area contributed by atoms with E-state index in [0.717, 1.165) is 5.75 Å². The predicted molar refractivity (Wildman–Crippen MR) is 72.0 cm³/mol. The summed E-state index contributed by atoms with van der Waals surface area (Å²) in [6.07, 6.45) is 0. The van der Waals surface area contributed by atoms with Crippen LogP contribution in [0, 0.1) is 6.92 Å². The zero-order chi connectivity index (χ0) is 13.2. The van der Waals surface area contributed by atoms with E-state index in [1.165, 1.54) is 16.9 Å². The van der Waals surface area contributed by atoms with Crippen LogP contribution in [0.15, 0.2) is 24.3 Å². The topological polar surface area (TPSA) is 90.4 Å². The van der Waals surface area contributed by atoms with Gasteiger partial charge in [-0.2, -0.15) is 4.52 Å². The summed E-state index contributed by atoms with van der Waals surface area (Å²) in [7, 11) is 0. The third-order valence-electron chi connectivity index (χ3n) is 2.57. The lowest BCUT2D eigenvalue weighted by atomic mass is 10.2. The number of aromatic nitrogens is 4. The Balaban J connectivity index is 1.77. The Morgan fingerprint density at radius 1 is 1.32 bits per heavy atom. The molecule has 0 aliphatic rings. The molecule has 0 unspecified atom stereocenters. The van der Waals surface area contributed by atoms with Crippen LogP contribution in [0.4, 0.5) is 5.13 Å². The predicted octanol–water partition coefficient (Wildman–Crippen LogP) is 1.36. The normalized spacial score (nSPS) is 10.8. The summed E-state index contributed by atoms with van der Waals surface area (Å²) >= 11 is 1.33. The number of fused-ring (bicyclic) bond motifs is 1. The number of nitrogens with zero attached hydrogens (tertiary/aromatic N) is 4. The quantitative estimate of drug-likeness (QED) is 0.552. The minimum Gasteiger partial charge on any atom is -0.486 e. The van der Waals surface area contributed by atoms with Gasteiger partial charge in [-0.05, 0) is 19.1 Å². The summed E-state index contributed by atoms with van der Waals surface area (Å²) in [4.78, 5) is 0.676. The van der Waals surface area contributed by atoms with E-state index in [-0.39, 0.29) is 0 Å². The molecule has 0 bridgehead atoms. The molecule has 19 heavy (non-hydrogen) atoms. The fraction of sp³-hybridized carbons (Fsp3) is 0.182. The fourth-order valence-corrected chi connectivity index (χ4v) is 2.26. The summed E-state index contributed by atoms with van der Waals surface area (Å²) in [5, 5.41) is 12.8. The van der Waals surface area contributed by atoms with Crippen LogP contribution in [-0.4, -0.2) is 19.8 Å². The molecule has 2 heterocycles. The van der Waals surface area contributed by atoms with Crippen LogP contribution in [-0.2, 0) is 6.61 Å². The molecule has 0 saturated carbocycles. The van der Waals surface area contributed by atoms with Crippen molar-refractivity contribution in [3.05, 3.63) is 35.7 Å². The summed E-state index contributed by atoms with van der Waals surface area (Å²) in [6.45, 7) is 2.33. The van der Waals surface area contributed by atoms with E-state index in [4.69, 9.17) is 10.6 Å². The summed E-state index contributed by atoms with van der Waals surface area (Å²) in [5.74, 6) is 6.73. The largest absolute Gasteiger partial charge is 0.486 e. The van der Waals surface area contributed by atoms with Crippen molar-refractivity contribution in [2.24, 2.45) is 5.84 Å².